The standard InChI is InChI=1S/C32H32ClN5O5/c1-2-31(39)38-12-8-23(9-13-38)42-29-16-25-27(17-30(29)43-24-10-14-40-19-24)35-20-36-32(25)37-21-6-7-28(26(33)15-21)41-18-22-5-3-4-11-34-22/h2-7,11,15-17,20,23-24H,1,8-10,12-14,18-19H2,(H,35,36,37)/t24-/m0/s1. The number of ether oxygens (including phenoxy) is 4. The van der Waals surface area contributed by atoms with Crippen molar-refractivity contribution >= 4 is 39.9 Å². The molecular weight excluding hydrogens is 570 g/mol. The Morgan fingerprint density at radius 2 is 1.86 bits per heavy atom. The summed E-state index contributed by atoms with van der Waals surface area (Å²) in [4.78, 5) is 27.1. The van der Waals surface area contributed by atoms with Gasteiger partial charge in [0.2, 0.25) is 5.91 Å². The van der Waals surface area contributed by atoms with Crippen LogP contribution in [0.1, 0.15) is 25.0 Å². The normalized spacial score (nSPS) is 17.0. The predicted octanol–water partition coefficient (Wildman–Crippen LogP) is 5.72. The number of amides is 1. The molecule has 2 aliphatic rings. The molecule has 0 bridgehead atoms. The van der Waals surface area contributed by atoms with Crippen LogP contribution < -0.4 is 19.5 Å². The van der Waals surface area contributed by atoms with E-state index in [0.717, 1.165) is 23.2 Å². The predicted molar refractivity (Wildman–Crippen MR) is 163 cm³/mol. The lowest BCUT2D eigenvalue weighted by atomic mass is 10.1. The van der Waals surface area contributed by atoms with Crippen molar-refractivity contribution in [1.82, 2.24) is 19.9 Å². The smallest absolute Gasteiger partial charge is 0.245 e. The second-order valence-corrected chi connectivity index (χ2v) is 10.8. The number of halogens is 1. The van der Waals surface area contributed by atoms with Crippen LogP contribution in [0.2, 0.25) is 5.02 Å². The number of nitrogens with one attached hydrogen (secondary N) is 1. The van der Waals surface area contributed by atoms with E-state index in [0.29, 0.717) is 79.4 Å². The molecule has 0 spiro atoms. The Morgan fingerprint density at radius 3 is 2.60 bits per heavy atom. The van der Waals surface area contributed by atoms with Gasteiger partial charge in [-0.25, -0.2) is 9.97 Å². The molecule has 4 aromatic rings. The molecule has 0 saturated carbocycles. The zero-order valence-electron chi connectivity index (χ0n) is 23.6. The van der Waals surface area contributed by atoms with Crippen LogP contribution in [0.15, 0.2) is 73.7 Å². The number of benzene rings is 2. The fraction of sp³-hybridized carbons (Fsp3) is 0.312. The minimum absolute atomic E-state index is 0.0600. The number of aromatic nitrogens is 3. The van der Waals surface area contributed by atoms with Gasteiger partial charge in [-0.05, 0) is 42.5 Å². The molecule has 2 aromatic carbocycles. The highest BCUT2D eigenvalue weighted by molar-refractivity contribution is 6.32. The van der Waals surface area contributed by atoms with Crippen molar-refractivity contribution in [1.29, 1.82) is 0 Å². The second-order valence-electron chi connectivity index (χ2n) is 10.4. The van der Waals surface area contributed by atoms with E-state index in [1.54, 1.807) is 17.2 Å². The molecule has 2 saturated heterocycles. The molecule has 6 rings (SSSR count). The molecular formula is C32H32ClN5O5. The van der Waals surface area contributed by atoms with E-state index >= 15 is 0 Å². The zero-order chi connectivity index (χ0) is 29.6. The summed E-state index contributed by atoms with van der Waals surface area (Å²) in [5, 5.41) is 4.58. The third-order valence-electron chi connectivity index (χ3n) is 7.40. The Morgan fingerprint density at radius 1 is 1.02 bits per heavy atom. The van der Waals surface area contributed by atoms with Crippen LogP contribution in [0.3, 0.4) is 0 Å². The molecule has 4 heterocycles. The number of piperidine rings is 1. The van der Waals surface area contributed by atoms with E-state index in [1.807, 2.05) is 42.5 Å². The van der Waals surface area contributed by atoms with Crippen LogP contribution in [-0.4, -0.2) is 64.3 Å². The fourth-order valence-corrected chi connectivity index (χ4v) is 5.34. The maximum atomic E-state index is 12.0. The Balaban J connectivity index is 1.23. The first-order valence-electron chi connectivity index (χ1n) is 14.3. The molecule has 1 N–H and O–H groups in total. The number of hydrogen-bond donors (Lipinski definition) is 1. The van der Waals surface area contributed by atoms with Gasteiger partial charge in [-0.2, -0.15) is 0 Å². The van der Waals surface area contributed by atoms with Crippen molar-refractivity contribution in [3.05, 3.63) is 84.4 Å². The van der Waals surface area contributed by atoms with Crippen LogP contribution in [0.4, 0.5) is 11.5 Å². The highest BCUT2D eigenvalue weighted by Crippen LogP contribution is 2.38. The molecule has 11 heteroatoms. The highest BCUT2D eigenvalue weighted by atomic mass is 35.5. The van der Waals surface area contributed by atoms with Crippen molar-refractivity contribution in [2.75, 3.05) is 31.6 Å². The van der Waals surface area contributed by atoms with Crippen molar-refractivity contribution in [3.8, 4) is 17.2 Å². The summed E-state index contributed by atoms with van der Waals surface area (Å²) >= 11 is 6.56. The maximum absolute atomic E-state index is 12.0. The van der Waals surface area contributed by atoms with E-state index in [1.165, 1.54) is 12.4 Å². The van der Waals surface area contributed by atoms with Gasteiger partial charge in [-0.1, -0.05) is 24.2 Å². The summed E-state index contributed by atoms with van der Waals surface area (Å²) in [7, 11) is 0. The number of fused-ring (bicyclic) bond motifs is 1. The van der Waals surface area contributed by atoms with E-state index in [2.05, 4.69) is 26.8 Å². The largest absolute Gasteiger partial charge is 0.486 e. The Hall–Kier alpha value is -4.41. The summed E-state index contributed by atoms with van der Waals surface area (Å²) in [6.45, 7) is 6.31. The molecule has 222 valence electrons. The monoisotopic (exact) mass is 601 g/mol. The average Bonchev–Trinajstić information content (AvgIpc) is 3.55. The van der Waals surface area contributed by atoms with Gasteiger partial charge in [0.05, 0.1) is 29.4 Å². The van der Waals surface area contributed by atoms with Gasteiger partial charge in [-0.3, -0.25) is 9.78 Å². The van der Waals surface area contributed by atoms with Crippen LogP contribution >= 0.6 is 11.6 Å². The number of rotatable bonds is 10. The van der Waals surface area contributed by atoms with Crippen molar-refractivity contribution in [3.63, 3.8) is 0 Å². The van der Waals surface area contributed by atoms with Crippen molar-refractivity contribution in [2.45, 2.75) is 38.1 Å². The lowest BCUT2D eigenvalue weighted by molar-refractivity contribution is -0.127. The Bertz CT molecular complexity index is 1590. The minimum atomic E-state index is -0.0769. The zero-order valence-corrected chi connectivity index (χ0v) is 24.3. The molecule has 2 fully saturated rings. The van der Waals surface area contributed by atoms with Gasteiger partial charge in [0.1, 0.15) is 36.7 Å². The first-order chi connectivity index (χ1) is 21.1. The molecule has 0 aliphatic carbocycles. The van der Waals surface area contributed by atoms with Crippen molar-refractivity contribution in [2.24, 2.45) is 0 Å². The van der Waals surface area contributed by atoms with Crippen molar-refractivity contribution < 1.29 is 23.7 Å². The van der Waals surface area contributed by atoms with Crippen LogP contribution in [-0.2, 0) is 16.1 Å². The molecule has 43 heavy (non-hydrogen) atoms. The summed E-state index contributed by atoms with van der Waals surface area (Å²) in [6.07, 6.45) is 6.65. The summed E-state index contributed by atoms with van der Waals surface area (Å²) < 4.78 is 24.2. The molecule has 0 unspecified atom stereocenters. The number of carbonyl (C=O) groups excluding carboxylic acids is 1. The SMILES string of the molecule is C=CC(=O)N1CCC(Oc2cc3c(Nc4ccc(OCc5ccccn5)c(Cl)c4)ncnc3cc2O[C@H]2CCOC2)CC1. The van der Waals surface area contributed by atoms with E-state index in [-0.39, 0.29) is 18.1 Å². The molecule has 10 nitrogen and oxygen atoms in total. The summed E-state index contributed by atoms with van der Waals surface area (Å²) in [6, 6.07) is 14.9. The Kier molecular flexibility index (Phi) is 8.85. The van der Waals surface area contributed by atoms with Gasteiger partial charge < -0.3 is 29.2 Å². The molecule has 1 amide bonds. The second kappa shape index (κ2) is 13.3. The first kappa shape index (κ1) is 28.7. The maximum Gasteiger partial charge on any atom is 0.245 e. The van der Waals surface area contributed by atoms with E-state index < -0.39 is 0 Å². The molecule has 2 aromatic heterocycles. The summed E-state index contributed by atoms with van der Waals surface area (Å²) in [5.41, 5.74) is 2.25. The minimum Gasteiger partial charge on any atom is -0.486 e. The van der Waals surface area contributed by atoms with Gasteiger partial charge >= 0.3 is 0 Å². The number of hydrogen-bond acceptors (Lipinski definition) is 9. The Labute approximate surface area is 254 Å². The highest BCUT2D eigenvalue weighted by Gasteiger charge is 2.26. The lowest BCUT2D eigenvalue weighted by Gasteiger charge is -2.32. The number of pyridine rings is 1. The van der Waals surface area contributed by atoms with Crippen LogP contribution in [0, 0.1) is 0 Å². The van der Waals surface area contributed by atoms with E-state index in [4.69, 9.17) is 30.5 Å². The quantitative estimate of drug-likeness (QED) is 0.228. The average molecular weight is 602 g/mol. The third-order valence-corrected chi connectivity index (χ3v) is 7.70. The third kappa shape index (κ3) is 6.98. The summed E-state index contributed by atoms with van der Waals surface area (Å²) in [5.74, 6) is 2.29. The van der Waals surface area contributed by atoms with Gasteiger partial charge in [0, 0.05) is 55.7 Å². The molecule has 2 aliphatic heterocycles. The van der Waals surface area contributed by atoms with E-state index in [9.17, 15) is 4.79 Å². The molecule has 0 radical (unpaired) electrons. The number of nitrogens with zero attached hydrogens (tertiary/aromatic N) is 4. The fourth-order valence-electron chi connectivity index (χ4n) is 5.10. The number of carbonyl (C=O) groups is 1. The number of anilines is 2. The number of likely N-dealkylation sites (tertiary alicyclic amines) is 1. The van der Waals surface area contributed by atoms with Gasteiger partial charge in [0.25, 0.3) is 0 Å². The van der Waals surface area contributed by atoms with Crippen LogP contribution in [0.5, 0.6) is 17.2 Å². The lowest BCUT2D eigenvalue weighted by Crippen LogP contribution is -2.41. The van der Waals surface area contributed by atoms with Gasteiger partial charge in [-0.15, -0.1) is 0 Å². The molecule has 1 atom stereocenters. The topological polar surface area (TPSA) is 108 Å². The first-order valence-corrected chi connectivity index (χ1v) is 14.6. The van der Waals surface area contributed by atoms with Crippen LogP contribution in [0.25, 0.3) is 10.9 Å². The van der Waals surface area contributed by atoms with Gasteiger partial charge in [0.15, 0.2) is 11.5 Å².